The highest BCUT2D eigenvalue weighted by molar-refractivity contribution is 5.85. The third-order valence-electron chi connectivity index (χ3n) is 0.406. The average Bonchev–Trinajstić information content (AvgIpc) is 1.76. The van der Waals surface area contributed by atoms with E-state index in [0.717, 1.165) is 0 Å². The summed E-state index contributed by atoms with van der Waals surface area (Å²) in [5.74, 6) is 0. The molecule has 0 unspecified atom stereocenters. The van der Waals surface area contributed by atoms with Crippen LogP contribution in [0.15, 0.2) is 18.7 Å². The molecule has 0 bridgehead atoms. The maximum absolute atomic E-state index is 3.67. The quantitative estimate of drug-likeness (QED) is 0.549. The SMILES string of the molecule is Cl.Cl.[AlH3].c1c[nH]cn1. The van der Waals surface area contributed by atoms with Crippen LogP contribution < -0.4 is 0 Å². The van der Waals surface area contributed by atoms with E-state index in [1.165, 1.54) is 0 Å². The van der Waals surface area contributed by atoms with Gasteiger partial charge in [-0.2, -0.15) is 0 Å². The Morgan fingerprint density at radius 3 is 2.00 bits per heavy atom. The topological polar surface area (TPSA) is 28.7 Å². The van der Waals surface area contributed by atoms with Gasteiger partial charge in [0.1, 0.15) is 0 Å². The normalized spacial score (nSPS) is 5.00. The molecule has 5 heteroatoms. The van der Waals surface area contributed by atoms with Crippen LogP contribution in [-0.4, -0.2) is 27.3 Å². The first-order valence-corrected chi connectivity index (χ1v) is 1.43. The van der Waals surface area contributed by atoms with Crippen molar-refractivity contribution >= 4 is 42.2 Å². The van der Waals surface area contributed by atoms with Crippen molar-refractivity contribution in [2.24, 2.45) is 0 Å². The van der Waals surface area contributed by atoms with Gasteiger partial charge in [-0.05, 0) is 0 Å². The van der Waals surface area contributed by atoms with Gasteiger partial charge < -0.3 is 4.98 Å². The van der Waals surface area contributed by atoms with Crippen molar-refractivity contribution in [3.63, 3.8) is 0 Å². The minimum Gasteiger partial charge on any atom is -0.351 e. The second-order valence-electron chi connectivity index (χ2n) is 0.761. The van der Waals surface area contributed by atoms with Crippen molar-refractivity contribution in [2.45, 2.75) is 0 Å². The Morgan fingerprint density at radius 1 is 1.25 bits per heavy atom. The van der Waals surface area contributed by atoms with Gasteiger partial charge in [0.15, 0.2) is 17.4 Å². The van der Waals surface area contributed by atoms with Gasteiger partial charge in [0.2, 0.25) is 0 Å². The van der Waals surface area contributed by atoms with Gasteiger partial charge in [-0.25, -0.2) is 4.98 Å². The second kappa shape index (κ2) is 10.3. The van der Waals surface area contributed by atoms with Gasteiger partial charge in [0.05, 0.1) is 6.33 Å². The molecule has 0 radical (unpaired) electrons. The average molecular weight is 171 g/mol. The van der Waals surface area contributed by atoms with E-state index in [-0.39, 0.29) is 42.2 Å². The summed E-state index contributed by atoms with van der Waals surface area (Å²) in [4.78, 5) is 6.42. The van der Waals surface area contributed by atoms with Crippen molar-refractivity contribution < 1.29 is 0 Å². The van der Waals surface area contributed by atoms with Crippen molar-refractivity contribution in [1.82, 2.24) is 9.97 Å². The monoisotopic (exact) mass is 170 g/mol. The van der Waals surface area contributed by atoms with E-state index in [1.807, 2.05) is 0 Å². The summed E-state index contributed by atoms with van der Waals surface area (Å²) in [6, 6.07) is 0. The van der Waals surface area contributed by atoms with Crippen molar-refractivity contribution in [2.75, 3.05) is 0 Å². The first-order valence-electron chi connectivity index (χ1n) is 1.43. The molecule has 0 fully saturated rings. The maximum atomic E-state index is 3.67. The molecule has 0 atom stereocenters. The molecule has 0 aliphatic rings. The van der Waals surface area contributed by atoms with Crippen LogP contribution in [0, 0.1) is 0 Å². The van der Waals surface area contributed by atoms with Gasteiger partial charge in [-0.3, -0.25) is 0 Å². The van der Waals surface area contributed by atoms with E-state index >= 15 is 0 Å². The van der Waals surface area contributed by atoms with Gasteiger partial charge in [0.25, 0.3) is 0 Å². The smallest absolute Gasteiger partial charge is 0.187 e. The van der Waals surface area contributed by atoms with E-state index in [0.29, 0.717) is 0 Å². The molecule has 0 amide bonds. The summed E-state index contributed by atoms with van der Waals surface area (Å²) < 4.78 is 0. The third kappa shape index (κ3) is 6.32. The number of nitrogens with one attached hydrogen (secondary N) is 1. The van der Waals surface area contributed by atoms with Crippen molar-refractivity contribution in [3.05, 3.63) is 18.7 Å². The van der Waals surface area contributed by atoms with E-state index in [9.17, 15) is 0 Å². The molecule has 0 saturated heterocycles. The molecular formula is C3H9AlCl2N2. The van der Waals surface area contributed by atoms with E-state index in [1.54, 1.807) is 18.7 Å². The predicted octanol–water partition coefficient (Wildman–Crippen LogP) is 0.0694. The molecule has 1 N–H and O–H groups in total. The van der Waals surface area contributed by atoms with Gasteiger partial charge >= 0.3 is 0 Å². The lowest BCUT2D eigenvalue weighted by molar-refractivity contribution is 1.31. The summed E-state index contributed by atoms with van der Waals surface area (Å²) in [5, 5.41) is 0. The zero-order valence-electron chi connectivity index (χ0n) is 3.50. The zero-order valence-corrected chi connectivity index (χ0v) is 5.13. The first-order chi connectivity index (χ1) is 2.50. The fourth-order valence-electron chi connectivity index (χ4n) is 0.215. The molecule has 2 nitrogen and oxygen atoms in total. The van der Waals surface area contributed by atoms with Crippen LogP contribution >= 0.6 is 24.8 Å². The van der Waals surface area contributed by atoms with Crippen molar-refractivity contribution in [1.29, 1.82) is 0 Å². The number of imidazole rings is 1. The maximum Gasteiger partial charge on any atom is 0.187 e. The third-order valence-corrected chi connectivity index (χ3v) is 0.406. The molecule has 0 aromatic carbocycles. The Labute approximate surface area is 71.0 Å². The van der Waals surface area contributed by atoms with Crippen molar-refractivity contribution in [3.8, 4) is 0 Å². The fourth-order valence-corrected chi connectivity index (χ4v) is 0.215. The summed E-state index contributed by atoms with van der Waals surface area (Å²) in [6.45, 7) is 0. The molecule has 48 valence electrons. The highest BCUT2D eigenvalue weighted by atomic mass is 35.5. The molecule has 1 rings (SSSR count). The largest absolute Gasteiger partial charge is 0.351 e. The molecule has 0 aliphatic carbocycles. The molecule has 1 heterocycles. The van der Waals surface area contributed by atoms with E-state index < -0.39 is 0 Å². The number of rotatable bonds is 0. The minimum absolute atomic E-state index is 0. The number of aromatic nitrogens is 2. The molecular weight excluding hydrogens is 162 g/mol. The van der Waals surface area contributed by atoms with Crippen LogP contribution in [0.25, 0.3) is 0 Å². The molecule has 0 aliphatic heterocycles. The Hall–Kier alpha value is 0.322. The lowest BCUT2D eigenvalue weighted by Crippen LogP contribution is -1.44. The number of nitrogens with zero attached hydrogens (tertiary/aromatic N) is 1. The van der Waals surface area contributed by atoms with Crippen LogP contribution in [0.2, 0.25) is 0 Å². The van der Waals surface area contributed by atoms with Crippen LogP contribution in [0.1, 0.15) is 0 Å². The predicted molar refractivity (Wildman–Crippen MR) is 43.0 cm³/mol. The Morgan fingerprint density at radius 2 is 1.88 bits per heavy atom. The number of hydrogen-bond acceptors (Lipinski definition) is 1. The number of hydrogen-bond donors (Lipinski definition) is 1. The summed E-state index contributed by atoms with van der Waals surface area (Å²) in [6.07, 6.45) is 5.08. The first kappa shape index (κ1) is 15.8. The highest BCUT2D eigenvalue weighted by Gasteiger charge is 1.56. The van der Waals surface area contributed by atoms with Gasteiger partial charge in [-0.1, -0.05) is 0 Å². The zero-order chi connectivity index (χ0) is 3.54. The fraction of sp³-hybridized carbons (Fsp3) is 0. The summed E-state index contributed by atoms with van der Waals surface area (Å²) in [7, 11) is 0. The van der Waals surface area contributed by atoms with E-state index in [2.05, 4.69) is 9.97 Å². The molecule has 1 aromatic rings. The summed E-state index contributed by atoms with van der Waals surface area (Å²) >= 11 is 0. The molecule has 0 spiro atoms. The van der Waals surface area contributed by atoms with E-state index in [4.69, 9.17) is 0 Å². The van der Waals surface area contributed by atoms with Crippen LogP contribution in [0.4, 0.5) is 0 Å². The number of H-pyrrole nitrogens is 1. The lowest BCUT2D eigenvalue weighted by Gasteiger charge is -1.46. The molecule has 8 heavy (non-hydrogen) atoms. The standard InChI is InChI=1S/C3H4N2.Al.2ClH.3H/c1-2-5-3-4-1;;;;;;/h1-3H,(H,4,5);;2*1H;;;. The molecule has 0 saturated carbocycles. The molecule has 1 aromatic heterocycles. The van der Waals surface area contributed by atoms with Gasteiger partial charge in [-0.15, -0.1) is 24.8 Å². The van der Waals surface area contributed by atoms with Crippen LogP contribution in [0.3, 0.4) is 0 Å². The Balaban J connectivity index is -0.0000000833. The van der Waals surface area contributed by atoms with Gasteiger partial charge in [0, 0.05) is 12.4 Å². The second-order valence-corrected chi connectivity index (χ2v) is 0.761. The Kier molecular flexibility index (Phi) is 20.3. The minimum atomic E-state index is 0. The number of halogens is 2. The summed E-state index contributed by atoms with van der Waals surface area (Å²) in [5.41, 5.74) is 0. The number of aromatic amines is 1. The highest BCUT2D eigenvalue weighted by Crippen LogP contribution is 1.62. The van der Waals surface area contributed by atoms with Crippen LogP contribution in [-0.2, 0) is 0 Å². The Bertz CT molecular complexity index is 71.8. The lowest BCUT2D eigenvalue weighted by atomic mass is 11.0. The van der Waals surface area contributed by atoms with Crippen LogP contribution in [0.5, 0.6) is 0 Å².